The average Bonchev–Trinajstić information content (AvgIpc) is 3.13. The van der Waals surface area contributed by atoms with Crippen molar-refractivity contribution in [2.75, 3.05) is 6.61 Å². The van der Waals surface area contributed by atoms with Crippen molar-refractivity contribution in [2.45, 2.75) is 32.2 Å². The van der Waals surface area contributed by atoms with Crippen molar-refractivity contribution in [3.8, 4) is 28.3 Å². The summed E-state index contributed by atoms with van der Waals surface area (Å²) < 4.78 is 9.32. The predicted octanol–water partition coefficient (Wildman–Crippen LogP) is 5.40. The Hall–Kier alpha value is -4.06. The molecule has 4 rings (SSSR count). The molecule has 0 aliphatic rings. The molecule has 0 spiro atoms. The lowest BCUT2D eigenvalue weighted by atomic mass is 10.0. The Balaban J connectivity index is 1.53. The zero-order valence-corrected chi connectivity index (χ0v) is 19.9. The molecule has 0 aliphatic carbocycles. The maximum Gasteiger partial charge on any atom is 0.328 e. The van der Waals surface area contributed by atoms with Gasteiger partial charge in [0, 0.05) is 31.1 Å². The minimum absolute atomic E-state index is 0.0294. The number of hydrogen-bond acceptors (Lipinski definition) is 3. The van der Waals surface area contributed by atoms with Gasteiger partial charge in [-0.3, -0.25) is 13.9 Å². The fourth-order valence-corrected chi connectivity index (χ4v) is 4.33. The monoisotopic (exact) mass is 470 g/mol. The van der Waals surface area contributed by atoms with Gasteiger partial charge in [-0.2, -0.15) is 0 Å². The molecule has 1 aromatic heterocycles. The maximum atomic E-state index is 13.3. The molecule has 180 valence electrons. The second kappa shape index (κ2) is 11.4. The number of ether oxygens (including phenoxy) is 1. The van der Waals surface area contributed by atoms with E-state index >= 15 is 0 Å². The summed E-state index contributed by atoms with van der Waals surface area (Å²) in [6.07, 6.45) is 2.16. The highest BCUT2D eigenvalue weighted by molar-refractivity contribution is 5.79. The quantitative estimate of drug-likeness (QED) is 0.298. The molecule has 6 nitrogen and oxygen atoms in total. The molecule has 4 aromatic rings. The number of carboxylic acid groups (broad SMARTS) is 1. The van der Waals surface area contributed by atoms with Gasteiger partial charge in [0.25, 0.3) is 0 Å². The summed E-state index contributed by atoms with van der Waals surface area (Å²) >= 11 is 0. The van der Waals surface area contributed by atoms with Crippen molar-refractivity contribution < 1.29 is 14.6 Å². The minimum atomic E-state index is -0.816. The van der Waals surface area contributed by atoms with Crippen LogP contribution in [0.3, 0.4) is 0 Å². The Morgan fingerprint density at radius 1 is 0.857 bits per heavy atom. The molecule has 0 aliphatic heterocycles. The highest BCUT2D eigenvalue weighted by Gasteiger charge is 2.20. The van der Waals surface area contributed by atoms with E-state index < -0.39 is 5.97 Å². The maximum absolute atomic E-state index is 13.3. The number of imidazole rings is 1. The second-order valence-electron chi connectivity index (χ2n) is 8.52. The molecule has 0 bridgehead atoms. The molecule has 6 heteroatoms. The number of hydrogen-bond donors (Lipinski definition) is 1. The third kappa shape index (κ3) is 5.90. The van der Waals surface area contributed by atoms with Crippen LogP contribution in [-0.4, -0.2) is 26.8 Å². The number of nitrogens with zero attached hydrogens (tertiary/aromatic N) is 2. The second-order valence-corrected chi connectivity index (χ2v) is 8.52. The highest BCUT2D eigenvalue weighted by atomic mass is 16.5. The van der Waals surface area contributed by atoms with Gasteiger partial charge in [0.2, 0.25) is 0 Å². The fourth-order valence-electron chi connectivity index (χ4n) is 4.33. The van der Waals surface area contributed by atoms with E-state index in [0.717, 1.165) is 46.7 Å². The SMILES string of the molecule is Cn1c(-c2ccccc2)c(-c2ccccc2)n(CCCc2cccc(OCCCC(=O)O)c2)c1=O. The van der Waals surface area contributed by atoms with Crippen molar-refractivity contribution >= 4 is 5.97 Å². The summed E-state index contributed by atoms with van der Waals surface area (Å²) in [5, 5.41) is 8.76. The van der Waals surface area contributed by atoms with Crippen LogP contribution in [0.1, 0.15) is 24.8 Å². The first kappa shape index (κ1) is 24.1. The lowest BCUT2D eigenvalue weighted by molar-refractivity contribution is -0.137. The molecular formula is C29H30N2O4. The summed E-state index contributed by atoms with van der Waals surface area (Å²) in [6, 6.07) is 27.9. The lowest BCUT2D eigenvalue weighted by Gasteiger charge is -2.11. The largest absolute Gasteiger partial charge is 0.494 e. The molecule has 1 heterocycles. The van der Waals surface area contributed by atoms with Gasteiger partial charge >= 0.3 is 11.7 Å². The number of carboxylic acids is 1. The summed E-state index contributed by atoms with van der Waals surface area (Å²) in [6.45, 7) is 0.964. The van der Waals surface area contributed by atoms with Crippen molar-refractivity contribution in [3.05, 3.63) is 101 Å². The number of carbonyl (C=O) groups is 1. The molecular weight excluding hydrogens is 440 g/mol. The van der Waals surface area contributed by atoms with Crippen LogP contribution in [0, 0.1) is 0 Å². The molecule has 0 unspecified atom stereocenters. The standard InChI is InChI=1S/C29H30N2O4/c1-30-27(23-13-4-2-5-14-23)28(24-15-6-3-7-16-24)31(29(30)34)19-9-12-22-11-8-17-25(21-22)35-20-10-18-26(32)33/h2-8,11,13-17,21H,9-10,12,18-20H2,1H3,(H,32,33). The fraction of sp³-hybridized carbons (Fsp3) is 0.241. The van der Waals surface area contributed by atoms with Crippen molar-refractivity contribution in [2.24, 2.45) is 7.05 Å². The molecule has 1 N–H and O–H groups in total. The van der Waals surface area contributed by atoms with Crippen LogP contribution < -0.4 is 10.4 Å². The van der Waals surface area contributed by atoms with E-state index in [0.29, 0.717) is 19.6 Å². The van der Waals surface area contributed by atoms with Crippen LogP contribution in [0.4, 0.5) is 0 Å². The summed E-state index contributed by atoms with van der Waals surface area (Å²) in [4.78, 5) is 24.0. The molecule has 0 saturated heterocycles. The first-order chi connectivity index (χ1) is 17.0. The molecule has 3 aromatic carbocycles. The lowest BCUT2D eigenvalue weighted by Crippen LogP contribution is -2.23. The Morgan fingerprint density at radius 3 is 2.17 bits per heavy atom. The molecule has 35 heavy (non-hydrogen) atoms. The zero-order chi connectivity index (χ0) is 24.6. The van der Waals surface area contributed by atoms with Crippen molar-refractivity contribution in [1.29, 1.82) is 0 Å². The van der Waals surface area contributed by atoms with Crippen LogP contribution in [0.15, 0.2) is 89.7 Å². The Morgan fingerprint density at radius 2 is 1.51 bits per heavy atom. The minimum Gasteiger partial charge on any atom is -0.494 e. The zero-order valence-electron chi connectivity index (χ0n) is 19.9. The van der Waals surface area contributed by atoms with Crippen LogP contribution in [0.2, 0.25) is 0 Å². The number of aromatic nitrogens is 2. The summed E-state index contributed by atoms with van der Waals surface area (Å²) in [5.41, 5.74) is 4.96. The van der Waals surface area contributed by atoms with Gasteiger partial charge in [0.1, 0.15) is 5.75 Å². The number of rotatable bonds is 11. The van der Waals surface area contributed by atoms with Gasteiger partial charge in [0.15, 0.2) is 0 Å². The number of benzene rings is 3. The van der Waals surface area contributed by atoms with Crippen LogP contribution in [0.25, 0.3) is 22.5 Å². The van der Waals surface area contributed by atoms with Crippen molar-refractivity contribution in [1.82, 2.24) is 9.13 Å². The van der Waals surface area contributed by atoms with Gasteiger partial charge < -0.3 is 9.84 Å². The average molecular weight is 471 g/mol. The van der Waals surface area contributed by atoms with E-state index in [-0.39, 0.29) is 12.1 Å². The van der Waals surface area contributed by atoms with Crippen LogP contribution in [-0.2, 0) is 24.8 Å². The molecule has 0 amide bonds. The normalized spacial score (nSPS) is 10.9. The molecule has 0 fully saturated rings. The number of aliphatic carboxylic acids is 1. The summed E-state index contributed by atoms with van der Waals surface area (Å²) in [7, 11) is 1.83. The van der Waals surface area contributed by atoms with Crippen molar-refractivity contribution in [3.63, 3.8) is 0 Å². The Kier molecular flexibility index (Phi) is 7.83. The molecule has 0 radical (unpaired) electrons. The van der Waals surface area contributed by atoms with Crippen LogP contribution in [0.5, 0.6) is 5.75 Å². The molecule has 0 atom stereocenters. The molecule has 0 saturated carbocycles. The van der Waals surface area contributed by atoms with Gasteiger partial charge in [-0.25, -0.2) is 4.79 Å². The van der Waals surface area contributed by atoms with E-state index in [1.807, 2.05) is 96.5 Å². The van der Waals surface area contributed by atoms with E-state index in [4.69, 9.17) is 9.84 Å². The number of aryl methyl sites for hydroxylation is 1. The highest BCUT2D eigenvalue weighted by Crippen LogP contribution is 2.31. The van der Waals surface area contributed by atoms with E-state index in [2.05, 4.69) is 0 Å². The first-order valence-corrected chi connectivity index (χ1v) is 11.9. The van der Waals surface area contributed by atoms with Crippen LogP contribution >= 0.6 is 0 Å². The Bertz CT molecular complexity index is 1320. The Labute approximate surface area is 205 Å². The van der Waals surface area contributed by atoms with E-state index in [9.17, 15) is 9.59 Å². The topological polar surface area (TPSA) is 73.5 Å². The smallest absolute Gasteiger partial charge is 0.328 e. The first-order valence-electron chi connectivity index (χ1n) is 11.9. The predicted molar refractivity (Wildman–Crippen MR) is 138 cm³/mol. The third-order valence-electron chi connectivity index (χ3n) is 5.99. The van der Waals surface area contributed by atoms with E-state index in [1.54, 1.807) is 4.57 Å². The van der Waals surface area contributed by atoms with Gasteiger partial charge in [-0.05, 0) is 37.0 Å². The van der Waals surface area contributed by atoms with Gasteiger partial charge in [0.05, 0.1) is 18.0 Å². The van der Waals surface area contributed by atoms with E-state index in [1.165, 1.54) is 0 Å². The third-order valence-corrected chi connectivity index (χ3v) is 5.99. The van der Waals surface area contributed by atoms with Gasteiger partial charge in [-0.1, -0.05) is 72.8 Å². The van der Waals surface area contributed by atoms with Gasteiger partial charge in [-0.15, -0.1) is 0 Å². The summed E-state index contributed by atoms with van der Waals surface area (Å²) in [5.74, 6) is -0.0788.